The molecule has 1 saturated carbocycles. The van der Waals surface area contributed by atoms with Crippen molar-refractivity contribution < 1.29 is 4.79 Å². The highest BCUT2D eigenvalue weighted by atomic mass is 32.2. The molecule has 5 nitrogen and oxygen atoms in total. The number of nitrogens with zero attached hydrogens (tertiary/aromatic N) is 3. The van der Waals surface area contributed by atoms with Gasteiger partial charge in [-0.15, -0.1) is 5.10 Å². The van der Waals surface area contributed by atoms with Gasteiger partial charge in [-0.05, 0) is 39.0 Å². The third-order valence-corrected chi connectivity index (χ3v) is 4.58. The number of amides is 1. The molecule has 0 aliphatic heterocycles. The van der Waals surface area contributed by atoms with E-state index in [1.807, 2.05) is 11.8 Å². The maximum absolute atomic E-state index is 12.3. The van der Waals surface area contributed by atoms with Crippen LogP contribution in [0.4, 0.5) is 0 Å². The largest absolute Gasteiger partial charge is 0.316 e. The molecule has 1 fully saturated rings. The summed E-state index contributed by atoms with van der Waals surface area (Å²) in [4.78, 5) is 18.6. The van der Waals surface area contributed by atoms with Gasteiger partial charge in [-0.25, -0.2) is 4.98 Å². The van der Waals surface area contributed by atoms with Gasteiger partial charge in [-0.3, -0.25) is 9.89 Å². The zero-order valence-corrected chi connectivity index (χ0v) is 12.6. The second-order valence-electron chi connectivity index (χ2n) is 5.29. The predicted octanol–water partition coefficient (Wildman–Crippen LogP) is 2.69. The normalized spacial score (nSPS) is 18.1. The van der Waals surface area contributed by atoms with Crippen molar-refractivity contribution in [2.24, 2.45) is 0 Å². The summed E-state index contributed by atoms with van der Waals surface area (Å²) in [7, 11) is 0. The SMILES string of the molecule is CCN(C(=O)CSc1n[nH]c(C2CC2)n1)C1=CCCC1. The number of nitrogens with one attached hydrogen (secondary N) is 1. The molecule has 108 valence electrons. The molecule has 1 aromatic rings. The van der Waals surface area contributed by atoms with E-state index in [9.17, 15) is 4.79 Å². The summed E-state index contributed by atoms with van der Waals surface area (Å²) in [5.74, 6) is 2.12. The summed E-state index contributed by atoms with van der Waals surface area (Å²) in [5.41, 5.74) is 1.19. The van der Waals surface area contributed by atoms with Crippen molar-refractivity contribution in [1.29, 1.82) is 0 Å². The lowest BCUT2D eigenvalue weighted by Gasteiger charge is -2.21. The van der Waals surface area contributed by atoms with E-state index in [1.165, 1.54) is 30.3 Å². The number of H-pyrrole nitrogens is 1. The van der Waals surface area contributed by atoms with Gasteiger partial charge >= 0.3 is 0 Å². The minimum Gasteiger partial charge on any atom is -0.316 e. The number of hydrogen-bond acceptors (Lipinski definition) is 4. The number of aromatic amines is 1. The average Bonchev–Trinajstić information content (AvgIpc) is 2.98. The Balaban J connectivity index is 1.54. The number of hydrogen-bond donors (Lipinski definition) is 1. The Kier molecular flexibility index (Phi) is 4.10. The van der Waals surface area contributed by atoms with Crippen LogP contribution in [0.2, 0.25) is 0 Å². The van der Waals surface area contributed by atoms with Crippen LogP contribution in [-0.2, 0) is 4.79 Å². The summed E-state index contributed by atoms with van der Waals surface area (Å²) in [6.07, 6.45) is 7.88. The van der Waals surface area contributed by atoms with E-state index in [4.69, 9.17) is 0 Å². The van der Waals surface area contributed by atoms with Crippen LogP contribution in [-0.4, -0.2) is 38.3 Å². The molecule has 0 spiro atoms. The molecule has 20 heavy (non-hydrogen) atoms. The van der Waals surface area contributed by atoms with Crippen LogP contribution in [0, 0.1) is 0 Å². The van der Waals surface area contributed by atoms with Crippen LogP contribution in [0.25, 0.3) is 0 Å². The first kappa shape index (κ1) is 13.7. The number of carbonyl (C=O) groups is 1. The predicted molar refractivity (Wildman–Crippen MR) is 78.4 cm³/mol. The molecule has 3 rings (SSSR count). The fourth-order valence-corrected chi connectivity index (χ4v) is 3.19. The Morgan fingerprint density at radius 1 is 1.55 bits per heavy atom. The van der Waals surface area contributed by atoms with Crippen molar-refractivity contribution >= 4 is 17.7 Å². The standard InChI is InChI=1S/C14H20N4OS/c1-2-18(11-5-3-4-6-11)12(19)9-20-14-15-13(16-17-14)10-7-8-10/h5,10H,2-4,6-9H2,1H3,(H,15,16,17). The maximum atomic E-state index is 12.3. The zero-order valence-electron chi connectivity index (χ0n) is 11.8. The number of aromatic nitrogens is 3. The van der Waals surface area contributed by atoms with Crippen LogP contribution >= 0.6 is 11.8 Å². The molecular formula is C14H20N4OS. The van der Waals surface area contributed by atoms with E-state index in [2.05, 4.69) is 21.3 Å². The topological polar surface area (TPSA) is 61.9 Å². The zero-order chi connectivity index (χ0) is 13.9. The minimum absolute atomic E-state index is 0.156. The van der Waals surface area contributed by atoms with Crippen molar-refractivity contribution in [1.82, 2.24) is 20.1 Å². The first-order valence-electron chi connectivity index (χ1n) is 7.32. The Morgan fingerprint density at radius 3 is 3.05 bits per heavy atom. The molecule has 0 radical (unpaired) electrons. The van der Waals surface area contributed by atoms with Crippen LogP contribution < -0.4 is 0 Å². The maximum Gasteiger partial charge on any atom is 0.237 e. The number of allylic oxidation sites excluding steroid dienone is 2. The smallest absolute Gasteiger partial charge is 0.237 e. The summed E-state index contributed by atoms with van der Waals surface area (Å²) < 4.78 is 0. The lowest BCUT2D eigenvalue weighted by atomic mass is 10.3. The molecule has 0 aromatic carbocycles. The molecule has 2 aliphatic carbocycles. The lowest BCUT2D eigenvalue weighted by molar-refractivity contribution is -0.126. The second-order valence-corrected chi connectivity index (χ2v) is 6.23. The number of rotatable bonds is 6. The van der Waals surface area contributed by atoms with Crippen LogP contribution in [0.3, 0.4) is 0 Å². The van der Waals surface area contributed by atoms with Gasteiger partial charge in [-0.2, -0.15) is 0 Å². The van der Waals surface area contributed by atoms with E-state index in [0.717, 1.165) is 31.6 Å². The first-order valence-corrected chi connectivity index (χ1v) is 8.31. The van der Waals surface area contributed by atoms with Gasteiger partial charge in [-0.1, -0.05) is 17.8 Å². The minimum atomic E-state index is 0.156. The Hall–Kier alpha value is -1.30. The molecule has 0 saturated heterocycles. The first-order chi connectivity index (χ1) is 9.78. The third-order valence-electron chi connectivity index (χ3n) is 3.75. The summed E-state index contributed by atoms with van der Waals surface area (Å²) in [5, 5.41) is 7.84. The Labute approximate surface area is 123 Å². The highest BCUT2D eigenvalue weighted by Crippen LogP contribution is 2.38. The van der Waals surface area contributed by atoms with Gasteiger partial charge in [0.15, 0.2) is 0 Å². The lowest BCUT2D eigenvalue weighted by Crippen LogP contribution is -2.31. The van der Waals surface area contributed by atoms with E-state index >= 15 is 0 Å². The van der Waals surface area contributed by atoms with E-state index < -0.39 is 0 Å². The van der Waals surface area contributed by atoms with Crippen molar-refractivity contribution in [2.75, 3.05) is 12.3 Å². The number of thioether (sulfide) groups is 1. The molecular weight excluding hydrogens is 272 g/mol. The van der Waals surface area contributed by atoms with E-state index in [-0.39, 0.29) is 5.91 Å². The van der Waals surface area contributed by atoms with Crippen molar-refractivity contribution in [3.05, 3.63) is 17.6 Å². The summed E-state index contributed by atoms with van der Waals surface area (Å²) in [6.45, 7) is 2.77. The monoisotopic (exact) mass is 292 g/mol. The summed E-state index contributed by atoms with van der Waals surface area (Å²) in [6, 6.07) is 0. The van der Waals surface area contributed by atoms with Crippen LogP contribution in [0.15, 0.2) is 16.9 Å². The number of carbonyl (C=O) groups excluding carboxylic acids is 1. The molecule has 1 aromatic heterocycles. The third kappa shape index (κ3) is 3.06. The van der Waals surface area contributed by atoms with Gasteiger partial charge in [0.05, 0.1) is 5.75 Å². The second kappa shape index (κ2) is 5.99. The van der Waals surface area contributed by atoms with Gasteiger partial charge in [0.2, 0.25) is 11.1 Å². The molecule has 0 atom stereocenters. The van der Waals surface area contributed by atoms with Crippen molar-refractivity contribution in [3.63, 3.8) is 0 Å². The highest BCUT2D eigenvalue weighted by Gasteiger charge is 2.27. The Morgan fingerprint density at radius 2 is 2.40 bits per heavy atom. The fraction of sp³-hybridized carbons (Fsp3) is 0.643. The molecule has 1 heterocycles. The molecule has 1 N–H and O–H groups in total. The molecule has 6 heteroatoms. The van der Waals surface area contributed by atoms with E-state index in [1.54, 1.807) is 0 Å². The van der Waals surface area contributed by atoms with Crippen molar-refractivity contribution in [3.8, 4) is 0 Å². The van der Waals surface area contributed by atoms with E-state index in [0.29, 0.717) is 16.8 Å². The summed E-state index contributed by atoms with van der Waals surface area (Å²) >= 11 is 1.43. The molecule has 2 aliphatic rings. The van der Waals surface area contributed by atoms with Crippen molar-refractivity contribution in [2.45, 2.75) is 50.1 Å². The van der Waals surface area contributed by atoms with Gasteiger partial charge < -0.3 is 4.90 Å². The quantitative estimate of drug-likeness (QED) is 0.819. The highest BCUT2D eigenvalue weighted by molar-refractivity contribution is 7.99. The fourth-order valence-electron chi connectivity index (χ4n) is 2.50. The Bertz CT molecular complexity index is 521. The van der Waals surface area contributed by atoms with Crippen LogP contribution in [0.1, 0.15) is 50.8 Å². The average molecular weight is 292 g/mol. The van der Waals surface area contributed by atoms with Gasteiger partial charge in [0.1, 0.15) is 5.82 Å². The molecule has 1 amide bonds. The van der Waals surface area contributed by atoms with Crippen LogP contribution in [0.5, 0.6) is 0 Å². The van der Waals surface area contributed by atoms with Gasteiger partial charge in [0.25, 0.3) is 0 Å². The molecule has 0 bridgehead atoms. The van der Waals surface area contributed by atoms with Gasteiger partial charge in [0, 0.05) is 18.2 Å². The molecule has 0 unspecified atom stereocenters.